The van der Waals surface area contributed by atoms with Crippen molar-refractivity contribution in [1.82, 2.24) is 20.5 Å². The van der Waals surface area contributed by atoms with Crippen LogP contribution in [0.5, 0.6) is 5.88 Å². The molecule has 1 atom stereocenters. The molecule has 3 rings (SSSR count). The van der Waals surface area contributed by atoms with Gasteiger partial charge in [-0.05, 0) is 37.8 Å². The van der Waals surface area contributed by atoms with Gasteiger partial charge in [-0.15, -0.1) is 24.0 Å². The summed E-state index contributed by atoms with van der Waals surface area (Å²) < 4.78 is 5.17. The van der Waals surface area contributed by atoms with Gasteiger partial charge in [-0.2, -0.15) is 0 Å². The first-order chi connectivity index (χ1) is 13.7. The predicted molar refractivity (Wildman–Crippen MR) is 126 cm³/mol. The minimum Gasteiger partial charge on any atom is -0.481 e. The van der Waals surface area contributed by atoms with Crippen LogP contribution in [-0.2, 0) is 11.3 Å². The fourth-order valence-corrected chi connectivity index (χ4v) is 4.03. The van der Waals surface area contributed by atoms with Crippen molar-refractivity contribution in [2.45, 2.75) is 58.0 Å². The molecule has 2 aliphatic rings. The summed E-state index contributed by atoms with van der Waals surface area (Å²) in [5.74, 6) is 1.99. The van der Waals surface area contributed by atoms with Gasteiger partial charge in [-0.3, -0.25) is 4.79 Å². The van der Waals surface area contributed by atoms with Crippen molar-refractivity contribution in [2.24, 2.45) is 10.9 Å². The van der Waals surface area contributed by atoms with Crippen LogP contribution in [0.2, 0.25) is 0 Å². The zero-order valence-corrected chi connectivity index (χ0v) is 19.9. The van der Waals surface area contributed by atoms with Gasteiger partial charge >= 0.3 is 0 Å². The maximum Gasteiger partial charge on any atom is 0.225 e. The van der Waals surface area contributed by atoms with Gasteiger partial charge in [-0.25, -0.2) is 9.98 Å². The summed E-state index contributed by atoms with van der Waals surface area (Å²) >= 11 is 0. The average Bonchev–Trinajstić information content (AvgIpc) is 3.21. The van der Waals surface area contributed by atoms with Gasteiger partial charge in [0.05, 0.1) is 13.7 Å². The highest BCUT2D eigenvalue weighted by molar-refractivity contribution is 14.0. The Morgan fingerprint density at radius 3 is 2.83 bits per heavy atom. The number of aromatic nitrogens is 1. The van der Waals surface area contributed by atoms with Crippen LogP contribution in [0.1, 0.15) is 51.0 Å². The van der Waals surface area contributed by atoms with E-state index < -0.39 is 0 Å². The van der Waals surface area contributed by atoms with Crippen LogP contribution in [-0.4, -0.2) is 54.5 Å². The van der Waals surface area contributed by atoms with E-state index in [2.05, 4.69) is 27.5 Å². The summed E-state index contributed by atoms with van der Waals surface area (Å²) in [6.07, 6.45) is 8.49. The lowest BCUT2D eigenvalue weighted by Gasteiger charge is -2.26. The van der Waals surface area contributed by atoms with E-state index in [0.29, 0.717) is 18.3 Å². The highest BCUT2D eigenvalue weighted by atomic mass is 127. The number of rotatable bonds is 6. The molecule has 0 radical (unpaired) electrons. The van der Waals surface area contributed by atoms with E-state index in [1.165, 1.54) is 19.3 Å². The standard InChI is InChI=1S/C21H33N5O2.HI/c1-3-22-21(24-14-16-9-11-23-19(13-16)28-2)25-18-10-12-26(15-18)20(27)17-7-5-4-6-8-17;/h9,11,13,17-18H,3-8,10,12,14-15H2,1-2H3,(H2,22,24,25);1H. The number of aliphatic imine (C=N–C) groups is 1. The number of hydrogen-bond acceptors (Lipinski definition) is 4. The van der Waals surface area contributed by atoms with E-state index >= 15 is 0 Å². The van der Waals surface area contributed by atoms with Crippen molar-refractivity contribution < 1.29 is 9.53 Å². The lowest BCUT2D eigenvalue weighted by Crippen LogP contribution is -2.45. The zero-order valence-electron chi connectivity index (χ0n) is 17.5. The number of nitrogens with one attached hydrogen (secondary N) is 2. The van der Waals surface area contributed by atoms with Crippen LogP contribution < -0.4 is 15.4 Å². The van der Waals surface area contributed by atoms with Crippen LogP contribution in [0, 0.1) is 5.92 Å². The summed E-state index contributed by atoms with van der Waals surface area (Å²) in [4.78, 5) is 23.6. The molecule has 1 aliphatic carbocycles. The Hall–Kier alpha value is -1.58. The van der Waals surface area contributed by atoms with Gasteiger partial charge in [0.25, 0.3) is 0 Å². The number of methoxy groups -OCH3 is 1. The average molecular weight is 515 g/mol. The number of likely N-dealkylation sites (tertiary alicyclic amines) is 1. The molecule has 162 valence electrons. The van der Waals surface area contributed by atoms with Gasteiger partial charge in [-0.1, -0.05) is 19.3 Å². The normalized spacial score (nSPS) is 20.1. The van der Waals surface area contributed by atoms with E-state index in [0.717, 1.165) is 50.4 Å². The quantitative estimate of drug-likeness (QED) is 0.346. The predicted octanol–water partition coefficient (Wildman–Crippen LogP) is 2.94. The number of nitrogens with zero attached hydrogens (tertiary/aromatic N) is 3. The molecule has 1 amide bonds. The van der Waals surface area contributed by atoms with Gasteiger partial charge in [0.2, 0.25) is 11.8 Å². The highest BCUT2D eigenvalue weighted by Crippen LogP contribution is 2.26. The zero-order chi connectivity index (χ0) is 19.8. The Balaban J connectivity index is 0.00000300. The lowest BCUT2D eigenvalue weighted by atomic mass is 9.88. The fourth-order valence-electron chi connectivity index (χ4n) is 4.03. The number of carbonyl (C=O) groups excluding carboxylic acids is 1. The maximum atomic E-state index is 12.8. The van der Waals surface area contributed by atoms with E-state index in [1.807, 2.05) is 17.0 Å². The summed E-state index contributed by atoms with van der Waals surface area (Å²) in [5.41, 5.74) is 1.05. The number of carbonyl (C=O) groups is 1. The second kappa shape index (κ2) is 12.2. The lowest BCUT2D eigenvalue weighted by molar-refractivity contribution is -0.135. The number of guanidine groups is 1. The van der Waals surface area contributed by atoms with Crippen molar-refractivity contribution in [2.75, 3.05) is 26.7 Å². The molecule has 1 unspecified atom stereocenters. The van der Waals surface area contributed by atoms with Gasteiger partial charge in [0.1, 0.15) is 0 Å². The third kappa shape index (κ3) is 7.01. The summed E-state index contributed by atoms with van der Waals surface area (Å²) in [6, 6.07) is 4.08. The first-order valence-electron chi connectivity index (χ1n) is 10.5. The summed E-state index contributed by atoms with van der Waals surface area (Å²) in [5, 5.41) is 6.81. The molecule has 0 bridgehead atoms. The van der Waals surface area contributed by atoms with E-state index in [9.17, 15) is 4.79 Å². The van der Waals surface area contributed by atoms with Crippen LogP contribution in [0.15, 0.2) is 23.3 Å². The molecule has 1 aromatic rings. The molecular weight excluding hydrogens is 481 g/mol. The minimum absolute atomic E-state index is 0. The van der Waals surface area contributed by atoms with Crippen LogP contribution in [0.3, 0.4) is 0 Å². The molecule has 29 heavy (non-hydrogen) atoms. The van der Waals surface area contributed by atoms with Gasteiger partial charge in [0.15, 0.2) is 5.96 Å². The Labute approximate surface area is 191 Å². The van der Waals surface area contributed by atoms with Gasteiger partial charge in [0, 0.05) is 43.9 Å². The molecule has 8 heteroatoms. The Kier molecular flexibility index (Phi) is 9.96. The number of ether oxygens (including phenoxy) is 1. The molecule has 1 aliphatic heterocycles. The van der Waals surface area contributed by atoms with Crippen LogP contribution in [0.25, 0.3) is 0 Å². The van der Waals surface area contributed by atoms with Crippen molar-refractivity contribution >= 4 is 35.8 Å². The van der Waals surface area contributed by atoms with E-state index in [-0.39, 0.29) is 35.9 Å². The molecule has 1 saturated heterocycles. The van der Waals surface area contributed by atoms with Crippen molar-refractivity contribution in [3.63, 3.8) is 0 Å². The van der Waals surface area contributed by atoms with E-state index in [4.69, 9.17) is 4.74 Å². The fraction of sp³-hybridized carbons (Fsp3) is 0.667. The second-order valence-corrected chi connectivity index (χ2v) is 7.65. The molecule has 1 aromatic heterocycles. The molecule has 2 heterocycles. The molecule has 0 spiro atoms. The first-order valence-corrected chi connectivity index (χ1v) is 10.5. The summed E-state index contributed by atoms with van der Waals surface area (Å²) in [7, 11) is 1.61. The molecule has 1 saturated carbocycles. The number of pyridine rings is 1. The largest absolute Gasteiger partial charge is 0.481 e. The molecular formula is C21H34IN5O2. The molecule has 7 nitrogen and oxygen atoms in total. The number of hydrogen-bond donors (Lipinski definition) is 2. The summed E-state index contributed by atoms with van der Waals surface area (Å²) in [6.45, 7) is 5.01. The van der Waals surface area contributed by atoms with Crippen LogP contribution in [0.4, 0.5) is 0 Å². The Morgan fingerprint density at radius 1 is 1.31 bits per heavy atom. The topological polar surface area (TPSA) is 78.9 Å². The SMILES string of the molecule is CCNC(=NCc1ccnc(OC)c1)NC1CCN(C(=O)C2CCCCC2)C1.I. The number of amides is 1. The smallest absolute Gasteiger partial charge is 0.225 e. The van der Waals surface area contributed by atoms with Crippen molar-refractivity contribution in [1.29, 1.82) is 0 Å². The van der Waals surface area contributed by atoms with Crippen LogP contribution >= 0.6 is 24.0 Å². The Bertz CT molecular complexity index is 679. The second-order valence-electron chi connectivity index (χ2n) is 7.65. The van der Waals surface area contributed by atoms with Crippen molar-refractivity contribution in [3.05, 3.63) is 23.9 Å². The third-order valence-electron chi connectivity index (χ3n) is 5.57. The minimum atomic E-state index is 0. The third-order valence-corrected chi connectivity index (χ3v) is 5.57. The molecule has 0 aromatic carbocycles. The Morgan fingerprint density at radius 2 is 2.10 bits per heavy atom. The molecule has 2 fully saturated rings. The van der Waals surface area contributed by atoms with Gasteiger partial charge < -0.3 is 20.3 Å². The number of halogens is 1. The highest BCUT2D eigenvalue weighted by Gasteiger charge is 2.31. The maximum absolute atomic E-state index is 12.8. The first kappa shape index (κ1) is 23.7. The molecule has 2 N–H and O–H groups in total. The van der Waals surface area contributed by atoms with Crippen molar-refractivity contribution in [3.8, 4) is 5.88 Å². The van der Waals surface area contributed by atoms with E-state index in [1.54, 1.807) is 13.3 Å². The monoisotopic (exact) mass is 515 g/mol.